The highest BCUT2D eigenvalue weighted by Gasteiger charge is 2.22. The van der Waals surface area contributed by atoms with Gasteiger partial charge in [0.15, 0.2) is 5.82 Å². The number of halogens is 1. The molecule has 0 aliphatic rings. The second-order valence-electron chi connectivity index (χ2n) is 5.84. The SMILES string of the molecule is CCC(C(=O)Nc1ccn(Cc2ccccc2Cl)n1)n1cc([N+](=O)[O-])cn1. The molecule has 1 N–H and O–H groups in total. The zero-order chi connectivity index (χ0) is 19.4. The summed E-state index contributed by atoms with van der Waals surface area (Å²) < 4.78 is 2.95. The predicted molar refractivity (Wildman–Crippen MR) is 99.6 cm³/mol. The number of hydrogen-bond donors (Lipinski definition) is 1. The fourth-order valence-electron chi connectivity index (χ4n) is 2.61. The lowest BCUT2D eigenvalue weighted by atomic mass is 10.2. The van der Waals surface area contributed by atoms with E-state index < -0.39 is 11.0 Å². The number of benzene rings is 1. The van der Waals surface area contributed by atoms with Crippen molar-refractivity contribution in [2.75, 3.05) is 5.32 Å². The third-order valence-corrected chi connectivity index (χ3v) is 4.36. The van der Waals surface area contributed by atoms with Crippen molar-refractivity contribution in [2.24, 2.45) is 0 Å². The Bertz CT molecular complexity index is 967. The van der Waals surface area contributed by atoms with Crippen molar-refractivity contribution in [3.63, 3.8) is 0 Å². The summed E-state index contributed by atoms with van der Waals surface area (Å²) >= 11 is 6.15. The van der Waals surface area contributed by atoms with E-state index in [4.69, 9.17) is 11.6 Å². The van der Waals surface area contributed by atoms with Crippen LogP contribution in [0.15, 0.2) is 48.9 Å². The Labute approximate surface area is 159 Å². The third kappa shape index (κ3) is 4.32. The average molecular weight is 389 g/mol. The lowest BCUT2D eigenvalue weighted by Crippen LogP contribution is -2.26. The molecule has 0 spiro atoms. The van der Waals surface area contributed by atoms with Crippen molar-refractivity contribution in [1.29, 1.82) is 0 Å². The molecule has 27 heavy (non-hydrogen) atoms. The van der Waals surface area contributed by atoms with Gasteiger partial charge < -0.3 is 5.32 Å². The minimum absolute atomic E-state index is 0.162. The minimum Gasteiger partial charge on any atom is -0.307 e. The number of nitro groups is 1. The Hall–Kier alpha value is -3.20. The van der Waals surface area contributed by atoms with Gasteiger partial charge in [0.2, 0.25) is 5.91 Å². The van der Waals surface area contributed by atoms with Gasteiger partial charge in [0.05, 0.1) is 11.5 Å². The van der Waals surface area contributed by atoms with Crippen LogP contribution < -0.4 is 5.32 Å². The first-order valence-electron chi connectivity index (χ1n) is 8.24. The van der Waals surface area contributed by atoms with E-state index in [0.717, 1.165) is 11.8 Å². The van der Waals surface area contributed by atoms with Crippen LogP contribution in [0.2, 0.25) is 5.02 Å². The topological polar surface area (TPSA) is 108 Å². The highest BCUT2D eigenvalue weighted by atomic mass is 35.5. The first-order valence-corrected chi connectivity index (χ1v) is 8.62. The second kappa shape index (κ2) is 8.00. The Kier molecular flexibility index (Phi) is 5.51. The van der Waals surface area contributed by atoms with E-state index in [9.17, 15) is 14.9 Å². The van der Waals surface area contributed by atoms with E-state index >= 15 is 0 Å². The highest BCUT2D eigenvalue weighted by molar-refractivity contribution is 6.31. The summed E-state index contributed by atoms with van der Waals surface area (Å²) in [6.07, 6.45) is 4.52. The summed E-state index contributed by atoms with van der Waals surface area (Å²) in [6, 6.07) is 8.45. The summed E-state index contributed by atoms with van der Waals surface area (Å²) in [4.78, 5) is 22.8. The van der Waals surface area contributed by atoms with Gasteiger partial charge in [0, 0.05) is 17.3 Å². The highest BCUT2D eigenvalue weighted by Crippen LogP contribution is 2.19. The fourth-order valence-corrected chi connectivity index (χ4v) is 2.81. The number of carbonyl (C=O) groups is 1. The molecule has 0 saturated carbocycles. The standard InChI is InChI=1S/C17H17ClN6O3/c1-2-15(23-11-13(9-19-23)24(26)27)17(25)20-16-7-8-22(21-16)10-12-5-3-4-6-14(12)18/h3-9,11,15H,2,10H2,1H3,(H,20,21,25). The quantitative estimate of drug-likeness (QED) is 0.493. The van der Waals surface area contributed by atoms with Gasteiger partial charge in [-0.3, -0.25) is 24.3 Å². The molecule has 3 rings (SSSR count). The van der Waals surface area contributed by atoms with Gasteiger partial charge in [-0.1, -0.05) is 36.7 Å². The molecule has 140 valence electrons. The Morgan fingerprint density at radius 1 is 1.37 bits per heavy atom. The Morgan fingerprint density at radius 3 is 2.81 bits per heavy atom. The van der Waals surface area contributed by atoms with Crippen LogP contribution in [0.25, 0.3) is 0 Å². The van der Waals surface area contributed by atoms with Crippen LogP contribution in [0.5, 0.6) is 0 Å². The van der Waals surface area contributed by atoms with E-state index in [-0.39, 0.29) is 11.6 Å². The van der Waals surface area contributed by atoms with Crippen LogP contribution in [-0.4, -0.2) is 30.4 Å². The van der Waals surface area contributed by atoms with Crippen molar-refractivity contribution < 1.29 is 9.72 Å². The maximum Gasteiger partial charge on any atom is 0.307 e. The molecule has 0 bridgehead atoms. The molecule has 0 aliphatic heterocycles. The number of carbonyl (C=O) groups excluding carboxylic acids is 1. The first-order chi connectivity index (χ1) is 13.0. The average Bonchev–Trinajstić information content (AvgIpc) is 3.28. The van der Waals surface area contributed by atoms with Gasteiger partial charge in [-0.15, -0.1) is 0 Å². The van der Waals surface area contributed by atoms with Gasteiger partial charge in [-0.05, 0) is 18.1 Å². The molecule has 1 aromatic carbocycles. The van der Waals surface area contributed by atoms with E-state index in [1.807, 2.05) is 18.2 Å². The van der Waals surface area contributed by atoms with Gasteiger partial charge in [-0.25, -0.2) is 0 Å². The first kappa shape index (κ1) is 18.6. The van der Waals surface area contributed by atoms with Gasteiger partial charge >= 0.3 is 5.69 Å². The number of amides is 1. The largest absolute Gasteiger partial charge is 0.307 e. The molecule has 0 radical (unpaired) electrons. The number of rotatable bonds is 7. The molecular weight excluding hydrogens is 372 g/mol. The molecule has 10 heteroatoms. The molecule has 0 saturated heterocycles. The van der Waals surface area contributed by atoms with Crippen LogP contribution in [-0.2, 0) is 11.3 Å². The predicted octanol–water partition coefficient (Wildman–Crippen LogP) is 3.28. The number of nitrogens with zero attached hydrogens (tertiary/aromatic N) is 5. The monoisotopic (exact) mass is 388 g/mol. The molecular formula is C17H17ClN6O3. The zero-order valence-electron chi connectivity index (χ0n) is 14.4. The molecule has 0 fully saturated rings. The number of aromatic nitrogens is 4. The van der Waals surface area contributed by atoms with Crippen molar-refractivity contribution in [2.45, 2.75) is 25.9 Å². The summed E-state index contributed by atoms with van der Waals surface area (Å²) in [5, 5.41) is 22.4. The lowest BCUT2D eigenvalue weighted by molar-refractivity contribution is -0.385. The number of nitrogens with one attached hydrogen (secondary N) is 1. The summed E-state index contributed by atoms with van der Waals surface area (Å²) in [6.45, 7) is 2.27. The molecule has 3 aromatic rings. The molecule has 2 aromatic heterocycles. The van der Waals surface area contributed by atoms with E-state index in [1.165, 1.54) is 10.9 Å². The van der Waals surface area contributed by atoms with Crippen LogP contribution >= 0.6 is 11.6 Å². The van der Waals surface area contributed by atoms with E-state index in [2.05, 4.69) is 15.5 Å². The van der Waals surface area contributed by atoms with Crippen molar-refractivity contribution in [1.82, 2.24) is 19.6 Å². The zero-order valence-corrected chi connectivity index (χ0v) is 15.2. The van der Waals surface area contributed by atoms with Gasteiger partial charge in [0.1, 0.15) is 18.4 Å². The summed E-state index contributed by atoms with van der Waals surface area (Å²) in [7, 11) is 0. The second-order valence-corrected chi connectivity index (χ2v) is 6.25. The fraction of sp³-hybridized carbons (Fsp3) is 0.235. The maximum atomic E-state index is 12.5. The molecule has 0 aliphatic carbocycles. The molecule has 1 atom stereocenters. The number of anilines is 1. The smallest absolute Gasteiger partial charge is 0.307 e. The number of hydrogen-bond acceptors (Lipinski definition) is 5. The van der Waals surface area contributed by atoms with Gasteiger partial charge in [-0.2, -0.15) is 10.2 Å². The summed E-state index contributed by atoms with van der Waals surface area (Å²) in [5.41, 5.74) is 0.751. The van der Waals surface area contributed by atoms with Gasteiger partial charge in [0.25, 0.3) is 0 Å². The van der Waals surface area contributed by atoms with Crippen LogP contribution in [0.3, 0.4) is 0 Å². The van der Waals surface area contributed by atoms with E-state index in [0.29, 0.717) is 23.8 Å². The maximum absolute atomic E-state index is 12.5. The van der Waals surface area contributed by atoms with E-state index in [1.54, 1.807) is 29.9 Å². The Morgan fingerprint density at radius 2 is 2.15 bits per heavy atom. The van der Waals surface area contributed by atoms with Crippen molar-refractivity contribution in [3.8, 4) is 0 Å². The van der Waals surface area contributed by atoms with Crippen molar-refractivity contribution >= 4 is 29.0 Å². The summed E-state index contributed by atoms with van der Waals surface area (Å²) in [5.74, 6) is 0.0330. The lowest BCUT2D eigenvalue weighted by Gasteiger charge is -2.14. The van der Waals surface area contributed by atoms with Crippen LogP contribution in [0, 0.1) is 10.1 Å². The molecule has 9 nitrogen and oxygen atoms in total. The molecule has 1 amide bonds. The van der Waals surface area contributed by atoms with Crippen LogP contribution in [0.4, 0.5) is 11.5 Å². The third-order valence-electron chi connectivity index (χ3n) is 3.99. The normalized spacial score (nSPS) is 11.9. The molecule has 2 heterocycles. The minimum atomic E-state index is -0.674. The van der Waals surface area contributed by atoms with Crippen LogP contribution in [0.1, 0.15) is 24.9 Å². The van der Waals surface area contributed by atoms with Crippen molar-refractivity contribution in [3.05, 3.63) is 69.6 Å². The molecule has 1 unspecified atom stereocenters. The Balaban J connectivity index is 1.69.